The Bertz CT molecular complexity index is 762. The first-order valence-electron chi connectivity index (χ1n) is 6.86. The van der Waals surface area contributed by atoms with Crippen molar-refractivity contribution in [3.05, 3.63) is 78.1 Å². The number of nitrogens with two attached hydrogens (primary N) is 1. The first kappa shape index (κ1) is 13.4. The van der Waals surface area contributed by atoms with Crippen LogP contribution in [0, 0.1) is 12.7 Å². The minimum atomic E-state index is -0.242. The Morgan fingerprint density at radius 3 is 1.86 bits per heavy atom. The Morgan fingerprint density at radius 1 is 0.762 bits per heavy atom. The van der Waals surface area contributed by atoms with Crippen LogP contribution >= 0.6 is 0 Å². The summed E-state index contributed by atoms with van der Waals surface area (Å²) >= 11 is 0. The summed E-state index contributed by atoms with van der Waals surface area (Å²) in [6.07, 6.45) is 0. The van der Waals surface area contributed by atoms with Gasteiger partial charge in [-0.2, -0.15) is 0 Å². The van der Waals surface area contributed by atoms with E-state index in [-0.39, 0.29) is 5.82 Å². The lowest BCUT2D eigenvalue weighted by Crippen LogP contribution is -1.95. The Balaban J connectivity index is 2.19. The van der Waals surface area contributed by atoms with Crippen LogP contribution in [0.5, 0.6) is 0 Å². The van der Waals surface area contributed by atoms with Crippen LogP contribution < -0.4 is 5.73 Å². The molecule has 3 aromatic carbocycles. The van der Waals surface area contributed by atoms with E-state index in [1.807, 2.05) is 43.3 Å². The smallest absolute Gasteiger partial charge is 0.123 e. The normalized spacial score (nSPS) is 10.6. The molecule has 0 aromatic heterocycles. The van der Waals surface area contributed by atoms with Gasteiger partial charge in [0, 0.05) is 16.8 Å². The number of hydrogen-bond donors (Lipinski definition) is 1. The third-order valence-corrected chi connectivity index (χ3v) is 3.56. The van der Waals surface area contributed by atoms with Crippen LogP contribution in [0.2, 0.25) is 0 Å². The number of nitrogen functional groups attached to an aromatic ring is 1. The fourth-order valence-electron chi connectivity index (χ4n) is 2.52. The average Bonchev–Trinajstić information content (AvgIpc) is 2.51. The van der Waals surface area contributed by atoms with Crippen LogP contribution in [0.15, 0.2) is 66.7 Å². The molecule has 0 atom stereocenters. The average molecular weight is 277 g/mol. The zero-order valence-electron chi connectivity index (χ0n) is 11.8. The van der Waals surface area contributed by atoms with Gasteiger partial charge in [0.15, 0.2) is 0 Å². The van der Waals surface area contributed by atoms with E-state index < -0.39 is 0 Å². The summed E-state index contributed by atoms with van der Waals surface area (Å²) in [5.74, 6) is -0.242. The SMILES string of the molecule is Cc1cc(-c2ccccc2)c(N)c(-c2ccc(F)cc2)c1. The molecule has 1 nitrogen and oxygen atoms in total. The number of halogens is 1. The Kier molecular flexibility index (Phi) is 3.44. The summed E-state index contributed by atoms with van der Waals surface area (Å²) in [5, 5.41) is 0. The zero-order valence-corrected chi connectivity index (χ0v) is 11.8. The van der Waals surface area contributed by atoms with Crippen molar-refractivity contribution in [3.63, 3.8) is 0 Å². The van der Waals surface area contributed by atoms with Crippen LogP contribution in [0.3, 0.4) is 0 Å². The number of benzene rings is 3. The van der Waals surface area contributed by atoms with Gasteiger partial charge < -0.3 is 5.73 Å². The number of anilines is 1. The lowest BCUT2D eigenvalue weighted by Gasteiger charge is -2.13. The number of hydrogen-bond acceptors (Lipinski definition) is 1. The van der Waals surface area contributed by atoms with Gasteiger partial charge in [-0.25, -0.2) is 4.39 Å². The number of aryl methyl sites for hydroxylation is 1. The van der Waals surface area contributed by atoms with Gasteiger partial charge in [-0.3, -0.25) is 0 Å². The molecule has 2 N–H and O–H groups in total. The fraction of sp³-hybridized carbons (Fsp3) is 0.0526. The highest BCUT2D eigenvalue weighted by Gasteiger charge is 2.10. The first-order valence-corrected chi connectivity index (χ1v) is 6.86. The highest BCUT2D eigenvalue weighted by molar-refractivity contribution is 5.89. The summed E-state index contributed by atoms with van der Waals surface area (Å²) in [4.78, 5) is 0. The van der Waals surface area contributed by atoms with Gasteiger partial charge in [0.05, 0.1) is 0 Å². The van der Waals surface area contributed by atoms with Gasteiger partial charge in [0.2, 0.25) is 0 Å². The minimum absolute atomic E-state index is 0.242. The molecule has 0 aliphatic heterocycles. The van der Waals surface area contributed by atoms with Crippen molar-refractivity contribution in [1.29, 1.82) is 0 Å². The molecule has 104 valence electrons. The molecule has 0 bridgehead atoms. The van der Waals surface area contributed by atoms with Gasteiger partial charge in [-0.15, -0.1) is 0 Å². The molecular weight excluding hydrogens is 261 g/mol. The second kappa shape index (κ2) is 5.41. The monoisotopic (exact) mass is 277 g/mol. The van der Waals surface area contributed by atoms with Crippen LogP contribution in [0.1, 0.15) is 5.56 Å². The highest BCUT2D eigenvalue weighted by atomic mass is 19.1. The van der Waals surface area contributed by atoms with E-state index in [4.69, 9.17) is 5.73 Å². The summed E-state index contributed by atoms with van der Waals surface area (Å²) in [5.41, 5.74) is 12.2. The van der Waals surface area contributed by atoms with Crippen molar-refractivity contribution >= 4 is 5.69 Å². The largest absolute Gasteiger partial charge is 0.398 e. The standard InChI is InChI=1S/C19H16FN/c1-13-11-17(14-5-3-2-4-6-14)19(21)18(12-13)15-7-9-16(20)10-8-15/h2-12H,21H2,1H3. The van der Waals surface area contributed by atoms with Gasteiger partial charge in [0.1, 0.15) is 5.82 Å². The lowest BCUT2D eigenvalue weighted by molar-refractivity contribution is 0.628. The molecule has 0 unspecified atom stereocenters. The van der Waals surface area contributed by atoms with Crippen molar-refractivity contribution in [2.24, 2.45) is 0 Å². The molecule has 21 heavy (non-hydrogen) atoms. The predicted molar refractivity (Wildman–Crippen MR) is 86.4 cm³/mol. The Morgan fingerprint density at radius 2 is 1.29 bits per heavy atom. The quantitative estimate of drug-likeness (QED) is 0.652. The van der Waals surface area contributed by atoms with Crippen molar-refractivity contribution in [1.82, 2.24) is 0 Å². The molecule has 0 fully saturated rings. The van der Waals surface area contributed by atoms with Crippen LogP contribution in [0.25, 0.3) is 22.3 Å². The molecular formula is C19H16FN. The molecule has 0 heterocycles. The van der Waals surface area contributed by atoms with Crippen molar-refractivity contribution in [3.8, 4) is 22.3 Å². The molecule has 2 heteroatoms. The molecule has 0 spiro atoms. The van der Waals surface area contributed by atoms with E-state index in [1.165, 1.54) is 12.1 Å². The molecule has 3 rings (SSSR count). The van der Waals surface area contributed by atoms with Gasteiger partial charge in [0.25, 0.3) is 0 Å². The summed E-state index contributed by atoms with van der Waals surface area (Å²) < 4.78 is 13.1. The molecule has 0 aliphatic carbocycles. The Hall–Kier alpha value is -2.61. The fourth-order valence-corrected chi connectivity index (χ4v) is 2.52. The second-order valence-electron chi connectivity index (χ2n) is 5.15. The molecule has 0 saturated heterocycles. The van der Waals surface area contributed by atoms with Crippen LogP contribution in [0.4, 0.5) is 10.1 Å². The van der Waals surface area contributed by atoms with Crippen LogP contribution in [-0.4, -0.2) is 0 Å². The summed E-state index contributed by atoms with van der Waals surface area (Å²) in [6.45, 7) is 2.04. The molecule has 3 aromatic rings. The predicted octanol–water partition coefficient (Wildman–Crippen LogP) is 5.05. The van der Waals surface area contributed by atoms with Crippen LogP contribution in [-0.2, 0) is 0 Å². The maximum atomic E-state index is 13.1. The lowest BCUT2D eigenvalue weighted by atomic mass is 9.94. The minimum Gasteiger partial charge on any atom is -0.398 e. The van der Waals surface area contributed by atoms with Gasteiger partial charge in [-0.05, 0) is 47.9 Å². The first-order chi connectivity index (χ1) is 10.1. The topological polar surface area (TPSA) is 26.0 Å². The molecule has 0 aliphatic rings. The van der Waals surface area contributed by atoms with E-state index in [0.29, 0.717) is 0 Å². The summed E-state index contributed by atoms with van der Waals surface area (Å²) in [6, 6.07) is 20.6. The maximum Gasteiger partial charge on any atom is 0.123 e. The number of rotatable bonds is 2. The third kappa shape index (κ3) is 2.65. The van der Waals surface area contributed by atoms with E-state index in [2.05, 4.69) is 6.07 Å². The maximum absolute atomic E-state index is 13.1. The molecule has 0 radical (unpaired) electrons. The summed E-state index contributed by atoms with van der Waals surface area (Å²) in [7, 11) is 0. The molecule has 0 saturated carbocycles. The van der Waals surface area contributed by atoms with Crippen molar-refractivity contribution < 1.29 is 4.39 Å². The van der Waals surface area contributed by atoms with E-state index >= 15 is 0 Å². The van der Waals surface area contributed by atoms with Gasteiger partial charge in [-0.1, -0.05) is 42.5 Å². The zero-order chi connectivity index (χ0) is 14.8. The van der Waals surface area contributed by atoms with Gasteiger partial charge >= 0.3 is 0 Å². The third-order valence-electron chi connectivity index (χ3n) is 3.56. The molecule has 0 amide bonds. The van der Waals surface area contributed by atoms with E-state index in [0.717, 1.165) is 33.5 Å². The highest BCUT2D eigenvalue weighted by Crippen LogP contribution is 2.35. The second-order valence-corrected chi connectivity index (χ2v) is 5.15. The van der Waals surface area contributed by atoms with E-state index in [1.54, 1.807) is 12.1 Å². The van der Waals surface area contributed by atoms with Crippen molar-refractivity contribution in [2.45, 2.75) is 6.92 Å². The van der Waals surface area contributed by atoms with E-state index in [9.17, 15) is 4.39 Å². The van der Waals surface area contributed by atoms with Crippen molar-refractivity contribution in [2.75, 3.05) is 5.73 Å². The Labute approximate surface area is 123 Å².